The van der Waals surface area contributed by atoms with Gasteiger partial charge in [-0.25, -0.2) is 0 Å². The van der Waals surface area contributed by atoms with Crippen LogP contribution in [0.1, 0.15) is 23.5 Å². The molecule has 1 aromatic rings. The number of carbonyl (C=O) groups is 1. The summed E-state index contributed by atoms with van der Waals surface area (Å²) in [4.78, 5) is 16.1. The summed E-state index contributed by atoms with van der Waals surface area (Å²) in [7, 11) is 0. The number of aromatic nitrogens is 1. The van der Waals surface area contributed by atoms with Gasteiger partial charge in [0.05, 0.1) is 10.4 Å². The molecule has 2 N–H and O–H groups in total. The van der Waals surface area contributed by atoms with Gasteiger partial charge in [-0.2, -0.15) is 0 Å². The van der Waals surface area contributed by atoms with Crippen LogP contribution in [-0.4, -0.2) is 16.8 Å². The van der Waals surface area contributed by atoms with Crippen molar-refractivity contribution in [2.75, 3.05) is 0 Å². The zero-order chi connectivity index (χ0) is 9.14. The van der Waals surface area contributed by atoms with Crippen molar-refractivity contribution in [3.05, 3.63) is 16.6 Å². The lowest BCUT2D eigenvalue weighted by molar-refractivity contribution is 0.0921. The van der Waals surface area contributed by atoms with Crippen molar-refractivity contribution in [3.63, 3.8) is 0 Å². The number of hydrogen-bond donors (Lipinski definition) is 1. The maximum atomic E-state index is 11.5. The first-order chi connectivity index (χ1) is 5.63. The molecule has 66 valence electrons. The van der Waals surface area contributed by atoms with Gasteiger partial charge in [-0.05, 0) is 6.92 Å². The van der Waals surface area contributed by atoms with Crippen molar-refractivity contribution in [1.29, 1.82) is 0 Å². The molecule has 12 heavy (non-hydrogen) atoms. The lowest BCUT2D eigenvalue weighted by Gasteiger charge is -2.11. The molecule has 0 amide bonds. The average molecular weight is 184 g/mol. The van der Waals surface area contributed by atoms with Crippen LogP contribution in [0.2, 0.25) is 0 Å². The molecule has 1 aromatic heterocycles. The normalized spacial score (nSPS) is 15.6. The fraction of sp³-hybridized carbons (Fsp3) is 0.500. The molecule has 1 heterocycles. The molecule has 4 heteroatoms. The maximum absolute atomic E-state index is 11.5. The molecule has 0 bridgehead atoms. The van der Waals surface area contributed by atoms with Crippen molar-refractivity contribution >= 4 is 17.1 Å². The van der Waals surface area contributed by atoms with E-state index in [-0.39, 0.29) is 17.7 Å². The Morgan fingerprint density at radius 2 is 2.33 bits per heavy atom. The zero-order valence-electron chi connectivity index (χ0n) is 7.15. The van der Waals surface area contributed by atoms with Crippen LogP contribution in [0.15, 0.2) is 11.7 Å². The van der Waals surface area contributed by atoms with Gasteiger partial charge in [0.2, 0.25) is 0 Å². The van der Waals surface area contributed by atoms with E-state index in [1.807, 2.05) is 13.8 Å². The third-order valence-electron chi connectivity index (χ3n) is 1.88. The largest absolute Gasteiger partial charge is 0.327 e. The Morgan fingerprint density at radius 3 is 2.75 bits per heavy atom. The number of nitrogens with zero attached hydrogens (tertiary/aromatic N) is 1. The van der Waals surface area contributed by atoms with Crippen LogP contribution in [0, 0.1) is 5.92 Å². The molecule has 0 saturated heterocycles. The van der Waals surface area contributed by atoms with Gasteiger partial charge in [-0.1, -0.05) is 6.92 Å². The second-order valence-corrected chi connectivity index (χ2v) is 3.76. The van der Waals surface area contributed by atoms with Crippen LogP contribution in [-0.2, 0) is 0 Å². The Hall–Kier alpha value is -0.740. The van der Waals surface area contributed by atoms with Gasteiger partial charge in [-0.3, -0.25) is 9.78 Å². The fourth-order valence-electron chi connectivity index (χ4n) is 0.801. The lowest BCUT2D eigenvalue weighted by atomic mass is 9.99. The topological polar surface area (TPSA) is 56.0 Å². The molecule has 0 aliphatic rings. The van der Waals surface area contributed by atoms with Crippen LogP contribution < -0.4 is 5.73 Å². The van der Waals surface area contributed by atoms with Crippen LogP contribution >= 0.6 is 11.3 Å². The summed E-state index contributed by atoms with van der Waals surface area (Å²) in [5.41, 5.74) is 7.26. The number of thiazole rings is 1. The summed E-state index contributed by atoms with van der Waals surface area (Å²) in [6.07, 6.45) is 1.59. The number of ketones is 1. The molecule has 0 fully saturated rings. The summed E-state index contributed by atoms with van der Waals surface area (Å²) in [5, 5.41) is 0. The molecule has 1 rings (SSSR count). The highest BCUT2D eigenvalue weighted by molar-refractivity contribution is 7.11. The highest BCUT2D eigenvalue weighted by Crippen LogP contribution is 2.14. The smallest absolute Gasteiger partial charge is 0.178 e. The van der Waals surface area contributed by atoms with Crippen LogP contribution in [0.3, 0.4) is 0 Å². The highest BCUT2D eigenvalue weighted by Gasteiger charge is 2.19. The van der Waals surface area contributed by atoms with Gasteiger partial charge >= 0.3 is 0 Å². The minimum Gasteiger partial charge on any atom is -0.327 e. The van der Waals surface area contributed by atoms with E-state index in [0.29, 0.717) is 4.88 Å². The summed E-state index contributed by atoms with van der Waals surface area (Å²) in [6, 6.07) is -0.0976. The summed E-state index contributed by atoms with van der Waals surface area (Å²) < 4.78 is 0. The molecule has 0 spiro atoms. The number of Topliss-reactive ketones (excluding diaryl/α,β-unsaturated/α-hetero) is 1. The van der Waals surface area contributed by atoms with Crippen molar-refractivity contribution in [3.8, 4) is 0 Å². The first-order valence-electron chi connectivity index (χ1n) is 3.81. The molecule has 2 atom stereocenters. The molecule has 0 aromatic carbocycles. The summed E-state index contributed by atoms with van der Waals surface area (Å²) in [6.45, 7) is 3.68. The van der Waals surface area contributed by atoms with Gasteiger partial charge in [0, 0.05) is 18.2 Å². The van der Waals surface area contributed by atoms with Crippen LogP contribution in [0.25, 0.3) is 0 Å². The minimum absolute atomic E-state index is 0.0903. The molecule has 2 unspecified atom stereocenters. The summed E-state index contributed by atoms with van der Waals surface area (Å²) >= 11 is 1.36. The first-order valence-corrected chi connectivity index (χ1v) is 4.69. The standard InChI is InChI=1S/C8H12N2OS/c1-5(6(2)9)8(11)7-3-10-4-12-7/h3-6H,9H2,1-2H3. The molecular formula is C8H12N2OS. The Kier molecular flexibility index (Phi) is 2.94. The molecule has 0 saturated carbocycles. The Bertz CT molecular complexity index is 256. The second-order valence-electron chi connectivity index (χ2n) is 2.88. The minimum atomic E-state index is -0.120. The molecule has 0 radical (unpaired) electrons. The number of carbonyl (C=O) groups excluding carboxylic acids is 1. The van der Waals surface area contributed by atoms with Crippen LogP contribution in [0.5, 0.6) is 0 Å². The average Bonchev–Trinajstić information content (AvgIpc) is 2.53. The maximum Gasteiger partial charge on any atom is 0.178 e. The van der Waals surface area contributed by atoms with Gasteiger partial charge in [0.1, 0.15) is 0 Å². The lowest BCUT2D eigenvalue weighted by Crippen LogP contribution is -2.30. The van der Waals surface area contributed by atoms with Gasteiger partial charge in [-0.15, -0.1) is 11.3 Å². The summed E-state index contributed by atoms with van der Waals surface area (Å²) in [5.74, 6) is -0.0297. The van der Waals surface area contributed by atoms with E-state index in [1.165, 1.54) is 11.3 Å². The van der Waals surface area contributed by atoms with E-state index < -0.39 is 0 Å². The van der Waals surface area contributed by atoms with Gasteiger partial charge in [0.15, 0.2) is 5.78 Å². The number of hydrogen-bond acceptors (Lipinski definition) is 4. The highest BCUT2D eigenvalue weighted by atomic mass is 32.1. The van der Waals surface area contributed by atoms with Crippen molar-refractivity contribution < 1.29 is 4.79 Å². The molecule has 0 aliphatic heterocycles. The quantitative estimate of drug-likeness (QED) is 0.720. The first kappa shape index (κ1) is 9.35. The van der Waals surface area contributed by atoms with E-state index in [4.69, 9.17) is 5.73 Å². The van der Waals surface area contributed by atoms with Crippen molar-refractivity contribution in [1.82, 2.24) is 4.98 Å². The Labute approximate surface area is 75.6 Å². The predicted octanol–water partition coefficient (Wildman–Crippen LogP) is 1.31. The third kappa shape index (κ3) is 1.89. The van der Waals surface area contributed by atoms with Gasteiger partial charge in [0.25, 0.3) is 0 Å². The van der Waals surface area contributed by atoms with E-state index in [1.54, 1.807) is 11.7 Å². The van der Waals surface area contributed by atoms with E-state index in [0.717, 1.165) is 0 Å². The van der Waals surface area contributed by atoms with E-state index >= 15 is 0 Å². The Morgan fingerprint density at radius 1 is 1.67 bits per heavy atom. The van der Waals surface area contributed by atoms with Crippen molar-refractivity contribution in [2.45, 2.75) is 19.9 Å². The van der Waals surface area contributed by atoms with E-state index in [2.05, 4.69) is 4.98 Å². The molecule has 3 nitrogen and oxygen atoms in total. The molecule has 0 aliphatic carbocycles. The zero-order valence-corrected chi connectivity index (χ0v) is 7.97. The van der Waals surface area contributed by atoms with E-state index in [9.17, 15) is 4.79 Å². The fourth-order valence-corrected chi connectivity index (χ4v) is 1.46. The third-order valence-corrected chi connectivity index (χ3v) is 2.67. The Balaban J connectivity index is 2.72. The number of nitrogens with two attached hydrogens (primary N) is 1. The SMILES string of the molecule is CC(N)C(C)C(=O)c1cncs1. The molecular weight excluding hydrogens is 172 g/mol. The van der Waals surface area contributed by atoms with Gasteiger partial charge < -0.3 is 5.73 Å². The van der Waals surface area contributed by atoms with Crippen molar-refractivity contribution in [2.24, 2.45) is 11.7 Å². The monoisotopic (exact) mass is 184 g/mol. The van der Waals surface area contributed by atoms with Crippen LogP contribution in [0.4, 0.5) is 0 Å². The second kappa shape index (κ2) is 3.78. The number of rotatable bonds is 3. The predicted molar refractivity (Wildman–Crippen MR) is 49.3 cm³/mol.